The van der Waals surface area contributed by atoms with Gasteiger partial charge in [0, 0.05) is 17.0 Å². The summed E-state index contributed by atoms with van der Waals surface area (Å²) in [7, 11) is 0. The highest BCUT2D eigenvalue weighted by Gasteiger charge is 2.22. The SMILES string of the molecule is CC(Cl)(CC#N)Sc1ccc([N+](=O)[O-])cc1. The van der Waals surface area contributed by atoms with Crippen molar-refractivity contribution in [2.24, 2.45) is 0 Å². The number of alkyl halides is 1. The monoisotopic (exact) mass is 256 g/mol. The van der Waals surface area contributed by atoms with Crippen LogP contribution < -0.4 is 0 Å². The molecule has 0 fully saturated rings. The summed E-state index contributed by atoms with van der Waals surface area (Å²) < 4.78 is -0.703. The number of nitriles is 1. The zero-order chi connectivity index (χ0) is 12.2. The lowest BCUT2D eigenvalue weighted by Gasteiger charge is -2.17. The van der Waals surface area contributed by atoms with Crippen LogP contribution in [0, 0.1) is 21.4 Å². The smallest absolute Gasteiger partial charge is 0.258 e. The van der Waals surface area contributed by atoms with E-state index in [1.165, 1.54) is 23.9 Å². The Kier molecular flexibility index (Phi) is 4.16. The molecule has 1 aromatic carbocycles. The highest BCUT2D eigenvalue weighted by molar-refractivity contribution is 8.01. The van der Waals surface area contributed by atoms with Gasteiger partial charge in [-0.15, -0.1) is 23.4 Å². The molecule has 1 aromatic rings. The lowest BCUT2D eigenvalue weighted by molar-refractivity contribution is -0.384. The Bertz CT molecular complexity index is 425. The lowest BCUT2D eigenvalue weighted by atomic mass is 10.3. The molecule has 0 aliphatic carbocycles. The average Bonchev–Trinajstić information content (AvgIpc) is 2.17. The predicted octanol–water partition coefficient (Wildman–Crippen LogP) is 3.56. The van der Waals surface area contributed by atoms with Crippen LogP contribution in [-0.4, -0.2) is 9.13 Å². The third-order valence-corrected chi connectivity index (χ3v) is 3.22. The molecule has 0 radical (unpaired) electrons. The van der Waals surface area contributed by atoms with Crippen molar-refractivity contribution < 1.29 is 4.92 Å². The van der Waals surface area contributed by atoms with E-state index in [9.17, 15) is 10.1 Å². The molecule has 0 aliphatic rings. The lowest BCUT2D eigenvalue weighted by Crippen LogP contribution is -2.08. The van der Waals surface area contributed by atoms with Gasteiger partial charge in [-0.3, -0.25) is 10.1 Å². The minimum absolute atomic E-state index is 0.0425. The Morgan fingerprint density at radius 1 is 1.56 bits per heavy atom. The molecular formula is C10H9ClN2O2S. The number of nitro benzene ring substituents is 1. The van der Waals surface area contributed by atoms with Crippen LogP contribution in [0.5, 0.6) is 0 Å². The molecule has 1 rings (SSSR count). The van der Waals surface area contributed by atoms with Gasteiger partial charge in [0.15, 0.2) is 0 Å². The first-order chi connectivity index (χ1) is 7.44. The topological polar surface area (TPSA) is 66.9 Å². The predicted molar refractivity (Wildman–Crippen MR) is 63.4 cm³/mol. The van der Waals surface area contributed by atoms with Crippen LogP contribution in [0.15, 0.2) is 29.2 Å². The second-order valence-corrected chi connectivity index (χ2v) is 5.92. The van der Waals surface area contributed by atoms with Crippen molar-refractivity contribution in [2.45, 2.75) is 22.4 Å². The van der Waals surface area contributed by atoms with E-state index in [1.54, 1.807) is 19.1 Å². The number of benzene rings is 1. The van der Waals surface area contributed by atoms with Gasteiger partial charge in [0.1, 0.15) is 4.21 Å². The first-order valence-electron chi connectivity index (χ1n) is 4.44. The Morgan fingerprint density at radius 3 is 2.56 bits per heavy atom. The minimum atomic E-state index is -0.703. The first kappa shape index (κ1) is 12.8. The third-order valence-electron chi connectivity index (χ3n) is 1.77. The second-order valence-electron chi connectivity index (χ2n) is 3.29. The maximum absolute atomic E-state index is 10.4. The molecule has 1 unspecified atom stereocenters. The van der Waals surface area contributed by atoms with Gasteiger partial charge < -0.3 is 0 Å². The van der Waals surface area contributed by atoms with Crippen LogP contribution in [0.4, 0.5) is 5.69 Å². The molecule has 0 aliphatic heterocycles. The highest BCUT2D eigenvalue weighted by Crippen LogP contribution is 2.38. The van der Waals surface area contributed by atoms with E-state index >= 15 is 0 Å². The van der Waals surface area contributed by atoms with E-state index in [2.05, 4.69) is 0 Å². The van der Waals surface area contributed by atoms with Gasteiger partial charge in [0.05, 0.1) is 17.4 Å². The summed E-state index contributed by atoms with van der Waals surface area (Å²) in [5, 5.41) is 19.0. The second kappa shape index (κ2) is 5.19. The van der Waals surface area contributed by atoms with Gasteiger partial charge in [0.2, 0.25) is 0 Å². The molecule has 0 aromatic heterocycles. The molecule has 4 nitrogen and oxygen atoms in total. The Hall–Kier alpha value is -1.25. The van der Waals surface area contributed by atoms with E-state index in [0.717, 1.165) is 4.90 Å². The van der Waals surface area contributed by atoms with Gasteiger partial charge in [-0.1, -0.05) is 0 Å². The van der Waals surface area contributed by atoms with E-state index < -0.39 is 9.13 Å². The quantitative estimate of drug-likeness (QED) is 0.358. The van der Waals surface area contributed by atoms with Crippen LogP contribution in [-0.2, 0) is 0 Å². The van der Waals surface area contributed by atoms with Gasteiger partial charge in [-0.25, -0.2) is 0 Å². The van der Waals surface area contributed by atoms with E-state index in [0.29, 0.717) is 0 Å². The molecule has 1 atom stereocenters. The molecular weight excluding hydrogens is 248 g/mol. The molecule has 0 bridgehead atoms. The van der Waals surface area contributed by atoms with Gasteiger partial charge in [-0.05, 0) is 19.1 Å². The molecule has 84 valence electrons. The minimum Gasteiger partial charge on any atom is -0.258 e. The summed E-state index contributed by atoms with van der Waals surface area (Å²) in [4.78, 5) is 10.8. The summed E-state index contributed by atoms with van der Waals surface area (Å²) >= 11 is 7.39. The fraction of sp³-hybridized carbons (Fsp3) is 0.300. The van der Waals surface area contributed by atoms with Crippen molar-refractivity contribution in [3.8, 4) is 6.07 Å². The van der Waals surface area contributed by atoms with Gasteiger partial charge in [-0.2, -0.15) is 5.26 Å². The Balaban J connectivity index is 2.76. The molecule has 0 saturated heterocycles. The number of rotatable bonds is 4. The maximum Gasteiger partial charge on any atom is 0.269 e. The zero-order valence-electron chi connectivity index (χ0n) is 8.51. The van der Waals surface area contributed by atoms with Crippen LogP contribution in [0.3, 0.4) is 0 Å². The summed E-state index contributed by atoms with van der Waals surface area (Å²) in [6.07, 6.45) is 0.205. The fourth-order valence-corrected chi connectivity index (χ4v) is 2.29. The number of non-ortho nitro benzene ring substituents is 1. The van der Waals surface area contributed by atoms with Crippen LogP contribution in [0.1, 0.15) is 13.3 Å². The number of halogens is 1. The van der Waals surface area contributed by atoms with Crippen molar-refractivity contribution >= 4 is 29.1 Å². The summed E-state index contributed by atoms with van der Waals surface area (Å²) in [5.74, 6) is 0. The largest absolute Gasteiger partial charge is 0.269 e. The molecule has 0 saturated carbocycles. The molecule has 0 heterocycles. The van der Waals surface area contributed by atoms with Crippen molar-refractivity contribution in [1.82, 2.24) is 0 Å². The Morgan fingerprint density at radius 2 is 2.12 bits per heavy atom. The maximum atomic E-state index is 10.4. The first-order valence-corrected chi connectivity index (χ1v) is 5.63. The number of hydrogen-bond donors (Lipinski definition) is 0. The third kappa shape index (κ3) is 3.72. The zero-order valence-corrected chi connectivity index (χ0v) is 10.1. The molecule has 0 spiro atoms. The van der Waals surface area contributed by atoms with Crippen molar-refractivity contribution in [3.63, 3.8) is 0 Å². The summed E-state index contributed by atoms with van der Waals surface area (Å²) in [6.45, 7) is 1.74. The summed E-state index contributed by atoms with van der Waals surface area (Å²) in [5.41, 5.74) is 0.0425. The van der Waals surface area contributed by atoms with Crippen LogP contribution in [0.2, 0.25) is 0 Å². The Labute approximate surface area is 102 Å². The molecule has 16 heavy (non-hydrogen) atoms. The van der Waals surface area contributed by atoms with Crippen LogP contribution in [0.25, 0.3) is 0 Å². The van der Waals surface area contributed by atoms with Crippen molar-refractivity contribution in [3.05, 3.63) is 34.4 Å². The van der Waals surface area contributed by atoms with E-state index in [4.69, 9.17) is 16.9 Å². The van der Waals surface area contributed by atoms with Gasteiger partial charge in [0.25, 0.3) is 5.69 Å². The van der Waals surface area contributed by atoms with Crippen LogP contribution >= 0.6 is 23.4 Å². The number of nitro groups is 1. The fourth-order valence-electron chi connectivity index (χ4n) is 1.06. The highest BCUT2D eigenvalue weighted by atomic mass is 35.5. The number of thioether (sulfide) groups is 1. The molecule has 0 N–H and O–H groups in total. The van der Waals surface area contributed by atoms with Gasteiger partial charge >= 0.3 is 0 Å². The summed E-state index contributed by atoms with van der Waals surface area (Å²) in [6, 6.07) is 8.09. The standard InChI is InChI=1S/C10H9ClN2O2S/c1-10(11,6-7-12)16-9-4-2-8(3-5-9)13(14)15/h2-5H,6H2,1H3. The molecule has 0 amide bonds. The van der Waals surface area contributed by atoms with E-state index in [1.807, 2.05) is 6.07 Å². The molecule has 6 heteroatoms. The number of nitrogens with zero attached hydrogens (tertiary/aromatic N) is 2. The number of hydrogen-bond acceptors (Lipinski definition) is 4. The van der Waals surface area contributed by atoms with Crippen molar-refractivity contribution in [2.75, 3.05) is 0 Å². The van der Waals surface area contributed by atoms with E-state index in [-0.39, 0.29) is 12.1 Å². The normalized spacial score (nSPS) is 13.8. The average molecular weight is 257 g/mol. The van der Waals surface area contributed by atoms with Crippen molar-refractivity contribution in [1.29, 1.82) is 5.26 Å².